The van der Waals surface area contributed by atoms with E-state index in [0.717, 1.165) is 19.2 Å². The molecule has 108 valence electrons. The Balaban J connectivity index is 3.43. The highest BCUT2D eigenvalue weighted by Gasteiger charge is 2.34. The smallest absolute Gasteiger partial charge is 0.496 e. The van der Waals surface area contributed by atoms with Gasteiger partial charge in [0.25, 0.3) is 0 Å². The van der Waals surface area contributed by atoms with E-state index in [9.17, 15) is 18.0 Å². The van der Waals surface area contributed by atoms with Gasteiger partial charge in [-0.1, -0.05) is 0 Å². The van der Waals surface area contributed by atoms with Gasteiger partial charge < -0.3 is 14.2 Å². The summed E-state index contributed by atoms with van der Waals surface area (Å²) in [4.78, 5) is 11.7. The molecule has 0 amide bonds. The zero-order chi connectivity index (χ0) is 15.3. The van der Waals surface area contributed by atoms with E-state index in [2.05, 4.69) is 9.47 Å². The molecular formula is C12H10F3NO4. The highest BCUT2D eigenvalue weighted by Crippen LogP contribution is 2.34. The Morgan fingerprint density at radius 3 is 2.40 bits per heavy atom. The number of carbonyl (C=O) groups is 1. The Bertz CT molecular complexity index is 549. The Labute approximate surface area is 112 Å². The molecule has 1 rings (SSSR count). The fraction of sp³-hybridized carbons (Fsp3) is 0.333. The van der Waals surface area contributed by atoms with Crippen molar-refractivity contribution in [1.82, 2.24) is 0 Å². The van der Waals surface area contributed by atoms with Crippen LogP contribution in [0.4, 0.5) is 13.2 Å². The second-order valence-electron chi connectivity index (χ2n) is 3.43. The van der Waals surface area contributed by atoms with E-state index in [0.29, 0.717) is 0 Å². The predicted octanol–water partition coefficient (Wildman–Crippen LogP) is 2.64. The lowest BCUT2D eigenvalue weighted by Gasteiger charge is -2.15. The Morgan fingerprint density at radius 2 is 1.95 bits per heavy atom. The molecule has 0 radical (unpaired) electrons. The number of benzene rings is 1. The van der Waals surface area contributed by atoms with Gasteiger partial charge >= 0.3 is 12.3 Å². The first kappa shape index (κ1) is 15.6. The van der Waals surface area contributed by atoms with E-state index >= 15 is 0 Å². The van der Waals surface area contributed by atoms with E-state index in [1.165, 1.54) is 6.92 Å². The third-order valence-electron chi connectivity index (χ3n) is 2.12. The second kappa shape index (κ2) is 6.14. The Morgan fingerprint density at radius 1 is 1.35 bits per heavy atom. The van der Waals surface area contributed by atoms with Crippen molar-refractivity contribution >= 4 is 5.97 Å². The molecule has 0 fully saturated rings. The molecular weight excluding hydrogens is 279 g/mol. The first-order valence-electron chi connectivity index (χ1n) is 5.37. The van der Waals surface area contributed by atoms with Gasteiger partial charge in [0.2, 0.25) is 0 Å². The van der Waals surface area contributed by atoms with Crippen LogP contribution in [0.15, 0.2) is 12.1 Å². The minimum atomic E-state index is -5.01. The van der Waals surface area contributed by atoms with E-state index in [4.69, 9.17) is 10.00 Å². The van der Waals surface area contributed by atoms with Gasteiger partial charge in [0.05, 0.1) is 25.3 Å². The number of hydrogen-bond acceptors (Lipinski definition) is 5. The third kappa shape index (κ3) is 3.78. The molecule has 20 heavy (non-hydrogen) atoms. The summed E-state index contributed by atoms with van der Waals surface area (Å²) in [6.45, 7) is 1.46. The van der Waals surface area contributed by atoms with Crippen LogP contribution in [0.3, 0.4) is 0 Å². The van der Waals surface area contributed by atoms with Crippen LogP contribution in [-0.2, 0) is 4.74 Å². The fourth-order valence-corrected chi connectivity index (χ4v) is 1.43. The number of rotatable bonds is 4. The maximum Gasteiger partial charge on any atom is 0.573 e. The SMILES string of the molecule is CCOC(=O)c1c(OC)cc(C#N)cc1OC(F)(F)F. The molecule has 8 heteroatoms. The first-order valence-corrected chi connectivity index (χ1v) is 5.37. The number of nitriles is 1. The maximum atomic E-state index is 12.3. The fourth-order valence-electron chi connectivity index (χ4n) is 1.43. The molecule has 0 aliphatic heterocycles. The minimum absolute atomic E-state index is 0.0343. The number of halogens is 3. The van der Waals surface area contributed by atoms with Gasteiger partial charge in [-0.25, -0.2) is 4.79 Å². The van der Waals surface area contributed by atoms with E-state index in [1.54, 1.807) is 6.07 Å². The van der Waals surface area contributed by atoms with Gasteiger partial charge in [0.1, 0.15) is 17.1 Å². The van der Waals surface area contributed by atoms with Crippen LogP contribution in [0.25, 0.3) is 0 Å². The molecule has 1 aromatic carbocycles. The largest absolute Gasteiger partial charge is 0.573 e. The van der Waals surface area contributed by atoms with Crippen LogP contribution >= 0.6 is 0 Å². The summed E-state index contributed by atoms with van der Waals surface area (Å²) in [6, 6.07) is 3.56. The summed E-state index contributed by atoms with van der Waals surface area (Å²) in [5, 5.41) is 8.75. The molecule has 0 atom stereocenters. The van der Waals surface area contributed by atoms with E-state index in [-0.39, 0.29) is 17.9 Å². The standard InChI is InChI=1S/C12H10F3NO4/c1-3-19-11(17)10-8(18-2)4-7(6-16)5-9(10)20-12(13,14)15/h4-5H,3H2,1-2H3. The van der Waals surface area contributed by atoms with Crippen molar-refractivity contribution in [3.63, 3.8) is 0 Å². The van der Waals surface area contributed by atoms with Crippen LogP contribution in [0.5, 0.6) is 11.5 Å². The summed E-state index contributed by atoms with van der Waals surface area (Å²) in [6.07, 6.45) is -5.01. The lowest BCUT2D eigenvalue weighted by molar-refractivity contribution is -0.274. The highest BCUT2D eigenvalue weighted by molar-refractivity contribution is 5.96. The quantitative estimate of drug-likeness (QED) is 0.797. The zero-order valence-electron chi connectivity index (χ0n) is 10.6. The van der Waals surface area contributed by atoms with E-state index < -0.39 is 23.6 Å². The van der Waals surface area contributed by atoms with Crippen molar-refractivity contribution in [3.05, 3.63) is 23.3 Å². The van der Waals surface area contributed by atoms with Crippen molar-refractivity contribution in [2.75, 3.05) is 13.7 Å². The summed E-state index contributed by atoms with van der Waals surface area (Å²) in [7, 11) is 1.15. The Hall–Kier alpha value is -2.43. The first-order chi connectivity index (χ1) is 9.32. The van der Waals surface area contributed by atoms with Gasteiger partial charge in [-0.05, 0) is 19.1 Å². The number of methoxy groups -OCH3 is 1. The summed E-state index contributed by atoms with van der Waals surface area (Å²) in [5.41, 5.74) is -0.667. The van der Waals surface area contributed by atoms with Gasteiger partial charge in [-0.15, -0.1) is 13.2 Å². The molecule has 0 aliphatic carbocycles. The molecule has 0 aromatic heterocycles. The van der Waals surface area contributed by atoms with Gasteiger partial charge in [-0.2, -0.15) is 5.26 Å². The number of alkyl halides is 3. The summed E-state index contributed by atoms with van der Waals surface area (Å²) < 4.78 is 50.2. The minimum Gasteiger partial charge on any atom is -0.496 e. The maximum absolute atomic E-state index is 12.3. The van der Waals surface area contributed by atoms with E-state index in [1.807, 2.05) is 0 Å². The number of esters is 1. The second-order valence-corrected chi connectivity index (χ2v) is 3.43. The molecule has 0 N–H and O–H groups in total. The molecule has 0 bridgehead atoms. The number of nitrogens with zero attached hydrogens (tertiary/aromatic N) is 1. The third-order valence-corrected chi connectivity index (χ3v) is 2.12. The average Bonchev–Trinajstić information content (AvgIpc) is 2.35. The van der Waals surface area contributed by atoms with Gasteiger partial charge in [-0.3, -0.25) is 0 Å². The zero-order valence-corrected chi connectivity index (χ0v) is 10.6. The normalized spacial score (nSPS) is 10.6. The van der Waals surface area contributed by atoms with Crippen molar-refractivity contribution in [2.45, 2.75) is 13.3 Å². The number of ether oxygens (including phenoxy) is 3. The van der Waals surface area contributed by atoms with Crippen LogP contribution in [-0.4, -0.2) is 26.0 Å². The van der Waals surface area contributed by atoms with Crippen molar-refractivity contribution in [3.8, 4) is 17.6 Å². The molecule has 0 spiro atoms. The number of carbonyl (C=O) groups excluding carboxylic acids is 1. The summed E-state index contributed by atoms with van der Waals surface area (Å²) >= 11 is 0. The predicted molar refractivity (Wildman–Crippen MR) is 60.3 cm³/mol. The van der Waals surface area contributed by atoms with Crippen molar-refractivity contribution < 1.29 is 32.2 Å². The van der Waals surface area contributed by atoms with Gasteiger partial charge in [0.15, 0.2) is 0 Å². The summed E-state index contributed by atoms with van der Waals surface area (Å²) in [5.74, 6) is -2.11. The van der Waals surface area contributed by atoms with Crippen molar-refractivity contribution in [1.29, 1.82) is 5.26 Å². The molecule has 0 saturated carbocycles. The highest BCUT2D eigenvalue weighted by atomic mass is 19.4. The average molecular weight is 289 g/mol. The van der Waals surface area contributed by atoms with Crippen LogP contribution < -0.4 is 9.47 Å². The lowest BCUT2D eigenvalue weighted by atomic mass is 10.1. The molecule has 0 aliphatic rings. The lowest BCUT2D eigenvalue weighted by Crippen LogP contribution is -2.20. The van der Waals surface area contributed by atoms with Gasteiger partial charge in [0, 0.05) is 0 Å². The molecule has 0 heterocycles. The molecule has 0 saturated heterocycles. The topological polar surface area (TPSA) is 68.5 Å². The van der Waals surface area contributed by atoms with Crippen LogP contribution in [0.2, 0.25) is 0 Å². The molecule has 0 unspecified atom stereocenters. The molecule has 1 aromatic rings. The van der Waals surface area contributed by atoms with Crippen molar-refractivity contribution in [2.24, 2.45) is 0 Å². The monoisotopic (exact) mass is 289 g/mol. The Kier molecular flexibility index (Phi) is 4.80. The molecule has 5 nitrogen and oxygen atoms in total. The van der Waals surface area contributed by atoms with Crippen LogP contribution in [0.1, 0.15) is 22.8 Å². The van der Waals surface area contributed by atoms with Crippen LogP contribution in [0, 0.1) is 11.3 Å². The number of hydrogen-bond donors (Lipinski definition) is 0.